The average Bonchev–Trinajstić information content (AvgIpc) is 2.35. The largest absolute Gasteiger partial charge is 0.383 e. The van der Waals surface area contributed by atoms with Crippen molar-refractivity contribution in [2.75, 3.05) is 14.1 Å². The standard InChI is InChI=1S/C15H17NO/c1-16(2)11-10-15(17)14-9-5-7-12-6-3-4-8-13(12)14/h3-5,7-12H,6H2,1-2H3/b11-10+. The van der Waals surface area contributed by atoms with Gasteiger partial charge in [0.25, 0.3) is 0 Å². The minimum Gasteiger partial charge on any atom is -0.383 e. The summed E-state index contributed by atoms with van der Waals surface area (Å²) < 4.78 is 0. The summed E-state index contributed by atoms with van der Waals surface area (Å²) in [7, 11) is 3.81. The molecule has 1 unspecified atom stereocenters. The number of carbonyl (C=O) groups is 1. The van der Waals surface area contributed by atoms with E-state index in [1.54, 1.807) is 12.3 Å². The summed E-state index contributed by atoms with van der Waals surface area (Å²) >= 11 is 0. The van der Waals surface area contributed by atoms with E-state index in [1.165, 1.54) is 0 Å². The van der Waals surface area contributed by atoms with Crippen LogP contribution in [0.25, 0.3) is 0 Å². The first kappa shape index (κ1) is 11.6. The van der Waals surface area contributed by atoms with Crippen molar-refractivity contribution in [2.24, 2.45) is 5.92 Å². The van der Waals surface area contributed by atoms with Crippen molar-refractivity contribution in [2.45, 2.75) is 6.42 Å². The molecule has 0 fully saturated rings. The Hall–Kier alpha value is -1.83. The Morgan fingerprint density at radius 1 is 1.35 bits per heavy atom. The highest BCUT2D eigenvalue weighted by atomic mass is 16.1. The lowest BCUT2D eigenvalue weighted by molar-refractivity contribution is -0.111. The summed E-state index contributed by atoms with van der Waals surface area (Å²) in [5.74, 6) is 0.450. The number of allylic oxidation sites excluding steroid dienone is 9. The summed E-state index contributed by atoms with van der Waals surface area (Å²) in [4.78, 5) is 13.9. The SMILES string of the molecule is CN(C)/C=C/C(=O)C1=CC=CC2CC=CC=C12. The molecule has 17 heavy (non-hydrogen) atoms. The predicted octanol–water partition coefficient (Wildman–Crippen LogP) is 2.63. The van der Waals surface area contributed by atoms with Gasteiger partial charge in [0.05, 0.1) is 0 Å². The summed E-state index contributed by atoms with van der Waals surface area (Å²) in [6.45, 7) is 0. The zero-order chi connectivity index (χ0) is 12.3. The second-order valence-electron chi connectivity index (χ2n) is 4.50. The van der Waals surface area contributed by atoms with Crippen LogP contribution in [-0.2, 0) is 4.79 Å². The molecule has 0 bridgehead atoms. The molecule has 0 amide bonds. The van der Waals surface area contributed by atoms with Crippen LogP contribution in [0.2, 0.25) is 0 Å². The molecule has 2 heteroatoms. The first-order valence-corrected chi connectivity index (χ1v) is 5.83. The van der Waals surface area contributed by atoms with E-state index in [4.69, 9.17) is 0 Å². The minimum atomic E-state index is 0.0783. The molecule has 0 aromatic rings. The van der Waals surface area contributed by atoms with Gasteiger partial charge in [-0.15, -0.1) is 0 Å². The molecule has 0 aromatic heterocycles. The highest BCUT2D eigenvalue weighted by Crippen LogP contribution is 2.31. The maximum absolute atomic E-state index is 12.1. The van der Waals surface area contributed by atoms with Crippen LogP contribution in [0.1, 0.15) is 6.42 Å². The molecule has 0 radical (unpaired) electrons. The van der Waals surface area contributed by atoms with Gasteiger partial charge in [0.1, 0.15) is 0 Å². The summed E-state index contributed by atoms with van der Waals surface area (Å²) in [5.41, 5.74) is 1.96. The van der Waals surface area contributed by atoms with Crippen molar-refractivity contribution in [1.29, 1.82) is 0 Å². The summed E-state index contributed by atoms with van der Waals surface area (Å²) in [6.07, 6.45) is 16.7. The molecule has 2 aliphatic carbocycles. The molecule has 0 heterocycles. The second kappa shape index (κ2) is 5.00. The van der Waals surface area contributed by atoms with E-state index in [-0.39, 0.29) is 5.78 Å². The average molecular weight is 227 g/mol. The number of ketones is 1. The van der Waals surface area contributed by atoms with Gasteiger partial charge in [-0.05, 0) is 12.0 Å². The lowest BCUT2D eigenvalue weighted by Crippen LogP contribution is -2.14. The number of hydrogen-bond donors (Lipinski definition) is 0. The van der Waals surface area contributed by atoms with Gasteiger partial charge in [0, 0.05) is 37.9 Å². The zero-order valence-electron chi connectivity index (χ0n) is 10.3. The van der Waals surface area contributed by atoms with Gasteiger partial charge >= 0.3 is 0 Å². The highest BCUT2D eigenvalue weighted by molar-refractivity contribution is 6.08. The van der Waals surface area contributed by atoms with Gasteiger partial charge in [-0.2, -0.15) is 0 Å². The fourth-order valence-electron chi connectivity index (χ4n) is 2.03. The van der Waals surface area contributed by atoms with Crippen LogP contribution in [-0.4, -0.2) is 24.8 Å². The highest BCUT2D eigenvalue weighted by Gasteiger charge is 2.21. The van der Waals surface area contributed by atoms with Crippen LogP contribution in [0.4, 0.5) is 0 Å². The van der Waals surface area contributed by atoms with Crippen LogP contribution >= 0.6 is 0 Å². The predicted molar refractivity (Wildman–Crippen MR) is 70.4 cm³/mol. The van der Waals surface area contributed by atoms with E-state index < -0.39 is 0 Å². The lowest BCUT2D eigenvalue weighted by atomic mass is 9.81. The van der Waals surface area contributed by atoms with Crippen LogP contribution in [0.3, 0.4) is 0 Å². The smallest absolute Gasteiger partial charge is 0.187 e. The van der Waals surface area contributed by atoms with E-state index in [2.05, 4.69) is 12.2 Å². The minimum absolute atomic E-state index is 0.0783. The number of fused-ring (bicyclic) bond motifs is 1. The quantitative estimate of drug-likeness (QED) is 0.691. The molecular weight excluding hydrogens is 210 g/mol. The van der Waals surface area contributed by atoms with Crippen molar-refractivity contribution in [1.82, 2.24) is 4.90 Å². The Balaban J connectivity index is 2.22. The van der Waals surface area contributed by atoms with E-state index in [9.17, 15) is 4.79 Å². The molecule has 0 saturated heterocycles. The molecule has 2 aliphatic rings. The fourth-order valence-corrected chi connectivity index (χ4v) is 2.03. The molecule has 0 aliphatic heterocycles. The third kappa shape index (κ3) is 2.64. The van der Waals surface area contributed by atoms with Gasteiger partial charge in [-0.25, -0.2) is 0 Å². The van der Waals surface area contributed by atoms with Gasteiger partial charge in [-0.3, -0.25) is 4.79 Å². The number of rotatable bonds is 3. The summed E-state index contributed by atoms with van der Waals surface area (Å²) in [6, 6.07) is 0. The Labute approximate surface area is 102 Å². The lowest BCUT2D eigenvalue weighted by Gasteiger charge is -2.22. The molecule has 0 aromatic carbocycles. The number of carbonyl (C=O) groups excluding carboxylic acids is 1. The van der Waals surface area contributed by atoms with Crippen molar-refractivity contribution in [3.8, 4) is 0 Å². The molecule has 1 atom stereocenters. The van der Waals surface area contributed by atoms with Gasteiger partial charge < -0.3 is 4.90 Å². The Bertz CT molecular complexity index is 461. The van der Waals surface area contributed by atoms with E-state index in [0.29, 0.717) is 5.92 Å². The molecule has 2 nitrogen and oxygen atoms in total. The Morgan fingerprint density at radius 2 is 2.18 bits per heavy atom. The number of hydrogen-bond acceptors (Lipinski definition) is 2. The second-order valence-corrected chi connectivity index (χ2v) is 4.50. The maximum atomic E-state index is 12.1. The Morgan fingerprint density at radius 3 is 2.94 bits per heavy atom. The van der Waals surface area contributed by atoms with E-state index >= 15 is 0 Å². The molecule has 0 N–H and O–H groups in total. The fraction of sp³-hybridized carbons (Fsp3) is 0.267. The van der Waals surface area contributed by atoms with Crippen LogP contribution in [0.5, 0.6) is 0 Å². The van der Waals surface area contributed by atoms with Crippen molar-refractivity contribution in [3.63, 3.8) is 0 Å². The van der Waals surface area contributed by atoms with Crippen molar-refractivity contribution in [3.05, 3.63) is 59.9 Å². The number of nitrogens with zero attached hydrogens (tertiary/aromatic N) is 1. The van der Waals surface area contributed by atoms with E-state index in [1.807, 2.05) is 43.3 Å². The monoisotopic (exact) mass is 227 g/mol. The topological polar surface area (TPSA) is 20.3 Å². The first-order chi connectivity index (χ1) is 8.18. The third-order valence-corrected chi connectivity index (χ3v) is 2.91. The van der Waals surface area contributed by atoms with Crippen LogP contribution < -0.4 is 0 Å². The van der Waals surface area contributed by atoms with Crippen LogP contribution in [0, 0.1) is 5.92 Å². The molecule has 2 rings (SSSR count). The van der Waals surface area contributed by atoms with Crippen molar-refractivity contribution < 1.29 is 4.79 Å². The zero-order valence-corrected chi connectivity index (χ0v) is 10.3. The molecular formula is C15H17NO. The molecule has 0 saturated carbocycles. The van der Waals surface area contributed by atoms with Gasteiger partial charge in [0.2, 0.25) is 0 Å². The van der Waals surface area contributed by atoms with Crippen molar-refractivity contribution >= 4 is 5.78 Å². The summed E-state index contributed by atoms with van der Waals surface area (Å²) in [5, 5.41) is 0. The first-order valence-electron chi connectivity index (χ1n) is 5.83. The van der Waals surface area contributed by atoms with E-state index in [0.717, 1.165) is 17.6 Å². The molecule has 88 valence electrons. The third-order valence-electron chi connectivity index (χ3n) is 2.91. The molecule has 0 spiro atoms. The van der Waals surface area contributed by atoms with Crippen LogP contribution in [0.15, 0.2) is 59.9 Å². The maximum Gasteiger partial charge on any atom is 0.187 e. The van der Waals surface area contributed by atoms with Gasteiger partial charge in [-0.1, -0.05) is 36.5 Å². The van der Waals surface area contributed by atoms with Gasteiger partial charge in [0.15, 0.2) is 5.78 Å². The normalized spacial score (nSPS) is 22.1. The Kier molecular flexibility index (Phi) is 3.43.